The molecule has 23 heavy (non-hydrogen) atoms. The number of benzene rings is 1. The van der Waals surface area contributed by atoms with Crippen molar-refractivity contribution in [3.63, 3.8) is 0 Å². The molecule has 128 valence electrons. The number of carbonyl (C=O) groups is 2. The third-order valence-corrected chi connectivity index (χ3v) is 3.66. The first kappa shape index (κ1) is 19.1. The van der Waals surface area contributed by atoms with Crippen LogP contribution < -0.4 is 16.4 Å². The Labute approximate surface area is 136 Å². The Bertz CT molecular complexity index is 593. The standard InChI is InChI=1S/C14H17ClF3N3O2/c1-3-7(2)11(21-13(19)23)12(22)20-8-4-5-10(15)9(6-8)14(16,17)18/h4-7,11H,3H2,1-2H3,(H,20,22)(H3,19,21,23). The molecular weight excluding hydrogens is 335 g/mol. The van der Waals surface area contributed by atoms with Gasteiger partial charge in [0.1, 0.15) is 6.04 Å². The van der Waals surface area contributed by atoms with Gasteiger partial charge in [-0.2, -0.15) is 13.2 Å². The average molecular weight is 352 g/mol. The van der Waals surface area contributed by atoms with Gasteiger partial charge in [-0.05, 0) is 24.1 Å². The SMILES string of the molecule is CCC(C)C(NC(N)=O)C(=O)Nc1ccc(Cl)c(C(F)(F)F)c1. The minimum Gasteiger partial charge on any atom is -0.352 e. The summed E-state index contributed by atoms with van der Waals surface area (Å²) in [5.41, 5.74) is 3.89. The molecule has 0 bridgehead atoms. The molecule has 5 nitrogen and oxygen atoms in total. The lowest BCUT2D eigenvalue weighted by Crippen LogP contribution is -2.49. The van der Waals surface area contributed by atoms with E-state index >= 15 is 0 Å². The number of urea groups is 1. The van der Waals surface area contributed by atoms with Crippen LogP contribution in [0.3, 0.4) is 0 Å². The Hall–Kier alpha value is -1.96. The summed E-state index contributed by atoms with van der Waals surface area (Å²) in [7, 11) is 0. The van der Waals surface area contributed by atoms with E-state index in [1.165, 1.54) is 6.07 Å². The largest absolute Gasteiger partial charge is 0.417 e. The van der Waals surface area contributed by atoms with Crippen LogP contribution >= 0.6 is 11.6 Å². The second kappa shape index (κ2) is 7.54. The third-order valence-electron chi connectivity index (χ3n) is 3.33. The highest BCUT2D eigenvalue weighted by molar-refractivity contribution is 6.31. The number of halogens is 4. The molecule has 9 heteroatoms. The van der Waals surface area contributed by atoms with E-state index in [0.29, 0.717) is 6.42 Å². The first-order valence-corrected chi connectivity index (χ1v) is 7.17. The van der Waals surface area contributed by atoms with Crippen LogP contribution in [0.25, 0.3) is 0 Å². The van der Waals surface area contributed by atoms with Gasteiger partial charge in [-0.1, -0.05) is 31.9 Å². The minimum absolute atomic E-state index is 0.0775. The summed E-state index contributed by atoms with van der Waals surface area (Å²) in [5.74, 6) is -0.912. The normalized spacial score (nSPS) is 14.0. The molecule has 0 heterocycles. The van der Waals surface area contributed by atoms with Gasteiger partial charge in [0.15, 0.2) is 0 Å². The van der Waals surface area contributed by atoms with Crippen molar-refractivity contribution in [3.05, 3.63) is 28.8 Å². The van der Waals surface area contributed by atoms with Gasteiger partial charge in [0, 0.05) is 5.69 Å². The molecule has 0 aromatic heterocycles. The molecule has 0 saturated heterocycles. The summed E-state index contributed by atoms with van der Waals surface area (Å²) < 4.78 is 38.4. The second-order valence-corrected chi connectivity index (χ2v) is 5.46. The molecule has 1 aromatic rings. The number of nitrogens with two attached hydrogens (primary N) is 1. The molecule has 2 unspecified atom stereocenters. The van der Waals surface area contributed by atoms with E-state index in [2.05, 4.69) is 10.6 Å². The van der Waals surface area contributed by atoms with Crippen molar-refractivity contribution in [1.82, 2.24) is 5.32 Å². The van der Waals surface area contributed by atoms with Crippen LogP contribution in [-0.4, -0.2) is 18.0 Å². The molecule has 0 radical (unpaired) electrons. The van der Waals surface area contributed by atoms with Crippen LogP contribution in [0.2, 0.25) is 5.02 Å². The molecule has 4 N–H and O–H groups in total. The highest BCUT2D eigenvalue weighted by atomic mass is 35.5. The van der Waals surface area contributed by atoms with Gasteiger partial charge in [0.2, 0.25) is 5.91 Å². The Morgan fingerprint density at radius 1 is 1.35 bits per heavy atom. The first-order chi connectivity index (χ1) is 10.6. The molecule has 0 aliphatic carbocycles. The third kappa shape index (κ3) is 5.31. The lowest BCUT2D eigenvalue weighted by molar-refractivity contribution is -0.137. The molecule has 1 rings (SSSR count). The number of anilines is 1. The number of hydrogen-bond donors (Lipinski definition) is 3. The van der Waals surface area contributed by atoms with Crippen molar-refractivity contribution in [1.29, 1.82) is 0 Å². The van der Waals surface area contributed by atoms with E-state index in [-0.39, 0.29) is 11.6 Å². The number of carbonyl (C=O) groups excluding carboxylic acids is 2. The molecule has 1 aromatic carbocycles. The van der Waals surface area contributed by atoms with Gasteiger partial charge in [-0.15, -0.1) is 0 Å². The number of hydrogen-bond acceptors (Lipinski definition) is 2. The summed E-state index contributed by atoms with van der Waals surface area (Å²) in [6.07, 6.45) is -4.08. The zero-order chi connectivity index (χ0) is 17.8. The molecule has 0 saturated carbocycles. The fourth-order valence-electron chi connectivity index (χ4n) is 1.90. The van der Waals surface area contributed by atoms with E-state index < -0.39 is 34.7 Å². The number of amides is 3. The molecule has 3 amide bonds. The highest BCUT2D eigenvalue weighted by Crippen LogP contribution is 2.36. The number of primary amides is 1. The van der Waals surface area contributed by atoms with Crippen molar-refractivity contribution in [2.75, 3.05) is 5.32 Å². The van der Waals surface area contributed by atoms with Crippen LogP contribution in [0.15, 0.2) is 18.2 Å². The minimum atomic E-state index is -4.64. The Balaban J connectivity index is 3.01. The van der Waals surface area contributed by atoms with E-state index in [9.17, 15) is 22.8 Å². The molecule has 0 aliphatic heterocycles. The highest BCUT2D eigenvalue weighted by Gasteiger charge is 2.34. The maximum Gasteiger partial charge on any atom is 0.417 e. The van der Waals surface area contributed by atoms with Gasteiger partial charge in [0.05, 0.1) is 10.6 Å². The topological polar surface area (TPSA) is 84.2 Å². The van der Waals surface area contributed by atoms with Crippen molar-refractivity contribution in [2.24, 2.45) is 11.7 Å². The maximum absolute atomic E-state index is 12.8. The van der Waals surface area contributed by atoms with Gasteiger partial charge >= 0.3 is 12.2 Å². The Kier molecular flexibility index (Phi) is 6.26. The monoisotopic (exact) mass is 351 g/mol. The fourth-order valence-corrected chi connectivity index (χ4v) is 2.12. The van der Waals surface area contributed by atoms with Gasteiger partial charge in [-0.3, -0.25) is 4.79 Å². The Morgan fingerprint density at radius 3 is 2.43 bits per heavy atom. The van der Waals surface area contributed by atoms with E-state index in [4.69, 9.17) is 17.3 Å². The summed E-state index contributed by atoms with van der Waals surface area (Å²) in [6.45, 7) is 3.51. The number of alkyl halides is 3. The van der Waals surface area contributed by atoms with Crippen molar-refractivity contribution < 1.29 is 22.8 Å². The smallest absolute Gasteiger partial charge is 0.352 e. The second-order valence-electron chi connectivity index (χ2n) is 5.05. The van der Waals surface area contributed by atoms with Crippen LogP contribution in [0.1, 0.15) is 25.8 Å². The maximum atomic E-state index is 12.8. The lowest BCUT2D eigenvalue weighted by Gasteiger charge is -2.22. The predicted molar refractivity (Wildman–Crippen MR) is 81.0 cm³/mol. The summed E-state index contributed by atoms with van der Waals surface area (Å²) in [5, 5.41) is 4.15. The molecule has 0 fully saturated rings. The fraction of sp³-hybridized carbons (Fsp3) is 0.429. The zero-order valence-electron chi connectivity index (χ0n) is 12.5. The van der Waals surface area contributed by atoms with Gasteiger partial charge in [0.25, 0.3) is 0 Å². The summed E-state index contributed by atoms with van der Waals surface area (Å²) in [6, 6.07) is 1.17. The first-order valence-electron chi connectivity index (χ1n) is 6.79. The summed E-state index contributed by atoms with van der Waals surface area (Å²) >= 11 is 5.52. The molecule has 0 aliphatic rings. The van der Waals surface area contributed by atoms with Crippen molar-refractivity contribution in [2.45, 2.75) is 32.5 Å². The molecule has 0 spiro atoms. The Morgan fingerprint density at radius 2 is 1.96 bits per heavy atom. The predicted octanol–water partition coefficient (Wildman–Crippen LogP) is 3.38. The zero-order valence-corrected chi connectivity index (χ0v) is 13.3. The van der Waals surface area contributed by atoms with Crippen LogP contribution in [-0.2, 0) is 11.0 Å². The van der Waals surface area contributed by atoms with Crippen molar-refractivity contribution >= 4 is 29.2 Å². The lowest BCUT2D eigenvalue weighted by atomic mass is 9.98. The van der Waals surface area contributed by atoms with Gasteiger partial charge in [-0.25, -0.2) is 4.79 Å². The van der Waals surface area contributed by atoms with Crippen LogP contribution in [0, 0.1) is 5.92 Å². The van der Waals surface area contributed by atoms with Crippen LogP contribution in [0.4, 0.5) is 23.7 Å². The average Bonchev–Trinajstić information content (AvgIpc) is 2.44. The number of rotatable bonds is 5. The van der Waals surface area contributed by atoms with E-state index in [1.807, 2.05) is 0 Å². The number of nitrogens with one attached hydrogen (secondary N) is 2. The molecule has 2 atom stereocenters. The van der Waals surface area contributed by atoms with Crippen LogP contribution in [0.5, 0.6) is 0 Å². The quantitative estimate of drug-likeness (QED) is 0.759. The van der Waals surface area contributed by atoms with Gasteiger partial charge < -0.3 is 16.4 Å². The van der Waals surface area contributed by atoms with E-state index in [1.54, 1.807) is 13.8 Å². The summed E-state index contributed by atoms with van der Waals surface area (Å²) in [4.78, 5) is 23.2. The van der Waals surface area contributed by atoms with E-state index in [0.717, 1.165) is 12.1 Å². The van der Waals surface area contributed by atoms with Crippen molar-refractivity contribution in [3.8, 4) is 0 Å². The molecular formula is C14H17ClF3N3O2.